The number of nitrogens with zero attached hydrogens (tertiary/aromatic N) is 1. The monoisotopic (exact) mass is 239 g/mol. The summed E-state index contributed by atoms with van der Waals surface area (Å²) in [6.45, 7) is 4.13. The molecular weight excluding hydrogens is 233 g/mol. The average molecular weight is 239 g/mol. The zero-order valence-corrected chi connectivity index (χ0v) is 7.71. The van der Waals surface area contributed by atoms with Crippen molar-refractivity contribution in [3.63, 3.8) is 0 Å². The summed E-state index contributed by atoms with van der Waals surface area (Å²) in [6.07, 6.45) is 0. The quantitative estimate of drug-likeness (QED) is 0.633. The lowest BCUT2D eigenvalue weighted by Gasteiger charge is -1.82. The molecule has 0 aliphatic carbocycles. The fourth-order valence-electron chi connectivity index (χ4n) is 0.388. The lowest BCUT2D eigenvalue weighted by molar-refractivity contribution is 1.27. The summed E-state index contributed by atoms with van der Waals surface area (Å²) < 4.78 is 5.46. The van der Waals surface area contributed by atoms with E-state index in [1.165, 1.54) is 14.1 Å². The van der Waals surface area contributed by atoms with Gasteiger partial charge in [0.25, 0.3) is 0 Å². The van der Waals surface area contributed by atoms with Gasteiger partial charge in [0, 0.05) is 0 Å². The second kappa shape index (κ2) is 2.31. The molecule has 0 spiro atoms. The molecule has 0 aliphatic rings. The number of rotatable bonds is 0. The van der Waals surface area contributed by atoms with E-state index >= 15 is 0 Å². The normalized spacial score (nSPS) is 9.88. The van der Waals surface area contributed by atoms with Crippen LogP contribution in [0, 0.1) is 16.7 Å². The fraction of sp³-hybridized carbons (Fsp3) is 0.400. The predicted molar refractivity (Wildman–Crippen MR) is 44.3 cm³/mol. The smallest absolute Gasteiger partial charge is 0.0892 e. The Labute approximate surface area is 66.4 Å². The first kappa shape index (κ1) is 6.48. The van der Waals surface area contributed by atoms with Crippen molar-refractivity contribution in [2.24, 2.45) is 0 Å². The predicted octanol–water partition coefficient (Wildman–Crippen LogP) is 2.36. The van der Waals surface area contributed by atoms with Crippen LogP contribution in [-0.4, -0.2) is 4.37 Å². The average Bonchev–Trinajstić information content (AvgIpc) is 1.98. The van der Waals surface area contributed by atoms with Crippen molar-refractivity contribution in [1.29, 1.82) is 0 Å². The van der Waals surface area contributed by atoms with E-state index in [2.05, 4.69) is 33.9 Å². The first-order chi connectivity index (χ1) is 3.72. The summed E-state index contributed by atoms with van der Waals surface area (Å²) in [6, 6.07) is 0. The zero-order chi connectivity index (χ0) is 6.15. The Kier molecular flexibility index (Phi) is 1.87. The Hall–Kier alpha value is 0.360. The van der Waals surface area contributed by atoms with Gasteiger partial charge in [-0.2, -0.15) is 4.37 Å². The molecule has 0 saturated heterocycles. The Balaban J connectivity index is 3.19. The number of aryl methyl sites for hydroxylation is 1. The van der Waals surface area contributed by atoms with E-state index in [4.69, 9.17) is 0 Å². The van der Waals surface area contributed by atoms with E-state index in [1.807, 2.05) is 6.92 Å². The standard InChI is InChI=1S/C5H6INS/c1-3-4(2)7-8-5(3)6/h1-2H3. The summed E-state index contributed by atoms with van der Waals surface area (Å²) in [5.74, 6) is 0. The molecule has 1 aromatic rings. The maximum Gasteiger partial charge on any atom is 0.0892 e. The molecule has 1 aromatic heterocycles. The first-order valence-corrected chi connectivity index (χ1v) is 4.15. The van der Waals surface area contributed by atoms with E-state index < -0.39 is 0 Å². The number of halogens is 1. The largest absolute Gasteiger partial charge is 0.197 e. The highest BCUT2D eigenvalue weighted by Crippen LogP contribution is 2.18. The van der Waals surface area contributed by atoms with E-state index in [-0.39, 0.29) is 0 Å². The highest BCUT2D eigenvalue weighted by molar-refractivity contribution is 14.1. The van der Waals surface area contributed by atoms with E-state index in [0.717, 1.165) is 0 Å². The molecule has 0 unspecified atom stereocenters. The third-order valence-electron chi connectivity index (χ3n) is 1.10. The van der Waals surface area contributed by atoms with Gasteiger partial charge in [0.15, 0.2) is 0 Å². The van der Waals surface area contributed by atoms with Crippen molar-refractivity contribution in [3.05, 3.63) is 14.1 Å². The number of aromatic nitrogens is 1. The lowest BCUT2D eigenvalue weighted by Crippen LogP contribution is -1.72. The summed E-state index contributed by atoms with van der Waals surface area (Å²) in [5.41, 5.74) is 2.50. The van der Waals surface area contributed by atoms with Crippen molar-refractivity contribution in [3.8, 4) is 0 Å². The van der Waals surface area contributed by atoms with Gasteiger partial charge in [0.1, 0.15) is 0 Å². The van der Waals surface area contributed by atoms with Crippen molar-refractivity contribution in [2.75, 3.05) is 0 Å². The minimum absolute atomic E-state index is 1.17. The SMILES string of the molecule is Cc1nsc(I)c1C. The van der Waals surface area contributed by atoms with Crippen molar-refractivity contribution in [2.45, 2.75) is 13.8 Å². The molecule has 8 heavy (non-hydrogen) atoms. The third-order valence-corrected chi connectivity index (χ3v) is 3.33. The van der Waals surface area contributed by atoms with Gasteiger partial charge < -0.3 is 0 Å². The van der Waals surface area contributed by atoms with Crippen molar-refractivity contribution in [1.82, 2.24) is 4.37 Å². The molecule has 0 aliphatic heterocycles. The van der Waals surface area contributed by atoms with Gasteiger partial charge in [-0.3, -0.25) is 0 Å². The summed E-state index contributed by atoms with van der Waals surface area (Å²) in [4.78, 5) is 0. The van der Waals surface area contributed by atoms with Crippen LogP contribution in [0.5, 0.6) is 0 Å². The molecule has 1 heterocycles. The van der Waals surface area contributed by atoms with Gasteiger partial charge in [0.2, 0.25) is 0 Å². The second-order valence-corrected chi connectivity index (χ2v) is 4.25. The second-order valence-electron chi connectivity index (χ2n) is 1.67. The van der Waals surface area contributed by atoms with Gasteiger partial charge in [-0.1, -0.05) is 0 Å². The summed E-state index contributed by atoms with van der Waals surface area (Å²) in [5, 5.41) is 0. The lowest BCUT2D eigenvalue weighted by atomic mass is 10.3. The van der Waals surface area contributed by atoms with Crippen LogP contribution < -0.4 is 0 Å². The molecule has 3 heteroatoms. The minimum atomic E-state index is 1.17. The Morgan fingerprint density at radius 3 is 2.25 bits per heavy atom. The van der Waals surface area contributed by atoms with Crippen LogP contribution in [0.3, 0.4) is 0 Å². The van der Waals surface area contributed by atoms with Crippen LogP contribution in [0.1, 0.15) is 11.3 Å². The zero-order valence-electron chi connectivity index (χ0n) is 4.73. The molecule has 0 atom stereocenters. The van der Waals surface area contributed by atoms with Gasteiger partial charge in [-0.15, -0.1) is 0 Å². The molecule has 0 N–H and O–H groups in total. The van der Waals surface area contributed by atoms with E-state index in [0.29, 0.717) is 0 Å². The topological polar surface area (TPSA) is 12.9 Å². The summed E-state index contributed by atoms with van der Waals surface area (Å²) >= 11 is 3.87. The molecule has 0 radical (unpaired) electrons. The molecular formula is C5H6INS. The molecule has 1 rings (SSSR count). The fourth-order valence-corrected chi connectivity index (χ4v) is 1.71. The van der Waals surface area contributed by atoms with Gasteiger partial charge >= 0.3 is 0 Å². The molecule has 0 aromatic carbocycles. The highest BCUT2D eigenvalue weighted by atomic mass is 127. The van der Waals surface area contributed by atoms with Crippen LogP contribution in [0.25, 0.3) is 0 Å². The highest BCUT2D eigenvalue weighted by Gasteiger charge is 1.99. The molecule has 0 saturated carbocycles. The summed E-state index contributed by atoms with van der Waals surface area (Å²) in [7, 11) is 0. The van der Waals surface area contributed by atoms with E-state index in [1.54, 1.807) is 11.5 Å². The van der Waals surface area contributed by atoms with Gasteiger partial charge in [0.05, 0.1) is 8.58 Å². The Morgan fingerprint density at radius 1 is 1.50 bits per heavy atom. The van der Waals surface area contributed by atoms with Crippen LogP contribution in [0.15, 0.2) is 0 Å². The Morgan fingerprint density at radius 2 is 2.12 bits per heavy atom. The van der Waals surface area contributed by atoms with Crippen LogP contribution >= 0.6 is 34.1 Å². The molecule has 0 bridgehead atoms. The van der Waals surface area contributed by atoms with Gasteiger partial charge in [-0.05, 0) is 53.5 Å². The minimum Gasteiger partial charge on any atom is -0.197 e. The third kappa shape index (κ3) is 1.02. The molecule has 44 valence electrons. The van der Waals surface area contributed by atoms with Crippen LogP contribution in [0.2, 0.25) is 0 Å². The Bertz CT molecular complexity index is 175. The van der Waals surface area contributed by atoms with E-state index in [9.17, 15) is 0 Å². The van der Waals surface area contributed by atoms with Crippen molar-refractivity contribution >= 4 is 34.1 Å². The van der Waals surface area contributed by atoms with Crippen LogP contribution in [-0.2, 0) is 0 Å². The maximum atomic E-state index is 4.15. The van der Waals surface area contributed by atoms with Crippen molar-refractivity contribution < 1.29 is 0 Å². The maximum absolute atomic E-state index is 4.15. The first-order valence-electron chi connectivity index (χ1n) is 2.30. The molecule has 0 amide bonds. The molecule has 0 fully saturated rings. The number of hydrogen-bond donors (Lipinski definition) is 0. The molecule has 1 nitrogen and oxygen atoms in total. The van der Waals surface area contributed by atoms with Gasteiger partial charge in [-0.25, -0.2) is 0 Å². The number of hydrogen-bond acceptors (Lipinski definition) is 2. The van der Waals surface area contributed by atoms with Crippen LogP contribution in [0.4, 0.5) is 0 Å².